The molecule has 2 aromatic rings. The number of hydrogen-bond acceptors (Lipinski definition) is 2. The molecule has 0 aliphatic rings. The summed E-state index contributed by atoms with van der Waals surface area (Å²) in [5.74, 6) is 0. The fourth-order valence-corrected chi connectivity index (χ4v) is 2.06. The summed E-state index contributed by atoms with van der Waals surface area (Å²) in [4.78, 5) is 0. The summed E-state index contributed by atoms with van der Waals surface area (Å²) in [5.41, 5.74) is 0.0842. The molecule has 2 N–H and O–H groups in total. The lowest BCUT2D eigenvalue weighted by molar-refractivity contribution is 0.0503. The van der Waals surface area contributed by atoms with Gasteiger partial charge in [0.1, 0.15) is 0 Å². The Morgan fingerprint density at radius 3 is 2.21 bits per heavy atom. The van der Waals surface area contributed by atoms with Crippen LogP contribution in [-0.2, 0) is 5.60 Å². The Kier molecular flexibility index (Phi) is 3.66. The number of β-amino-alcohol motifs (C(OH)–C–C–N with tert-alkyl or cyclic N) is 1. The van der Waals surface area contributed by atoms with Crippen LogP contribution in [0.1, 0.15) is 33.3 Å². The average Bonchev–Trinajstić information content (AvgIpc) is 2.35. The first kappa shape index (κ1) is 14.0. The molecule has 2 nitrogen and oxygen atoms in total. The van der Waals surface area contributed by atoms with Crippen molar-refractivity contribution in [1.82, 2.24) is 5.32 Å². The van der Waals surface area contributed by atoms with Gasteiger partial charge in [0.15, 0.2) is 0 Å². The molecule has 2 rings (SSSR count). The summed E-state index contributed by atoms with van der Waals surface area (Å²) in [5, 5.41) is 16.4. The number of benzene rings is 2. The van der Waals surface area contributed by atoms with E-state index in [0.717, 1.165) is 10.9 Å². The van der Waals surface area contributed by atoms with Crippen molar-refractivity contribution in [2.24, 2.45) is 0 Å². The van der Waals surface area contributed by atoms with Gasteiger partial charge in [-0.05, 0) is 50.1 Å². The van der Waals surface area contributed by atoms with Crippen LogP contribution < -0.4 is 5.32 Å². The van der Waals surface area contributed by atoms with E-state index in [2.05, 4.69) is 50.4 Å². The smallest absolute Gasteiger partial charge is 0.0992 e. The molecule has 0 aliphatic carbocycles. The minimum atomic E-state index is -0.864. The molecule has 2 heteroatoms. The molecule has 0 bridgehead atoms. The van der Waals surface area contributed by atoms with Gasteiger partial charge in [0.25, 0.3) is 0 Å². The summed E-state index contributed by atoms with van der Waals surface area (Å²) in [7, 11) is 0. The Balaban J connectivity index is 2.27. The maximum atomic E-state index is 10.6. The predicted molar refractivity (Wildman–Crippen MR) is 81.3 cm³/mol. The lowest BCUT2D eigenvalue weighted by atomic mass is 9.92. The number of aliphatic hydroxyl groups is 1. The summed E-state index contributed by atoms with van der Waals surface area (Å²) < 4.78 is 0. The monoisotopic (exact) mass is 257 g/mol. The SMILES string of the molecule is CC(C)(C)NCC(C)(O)c1ccc2ccccc2c1. The van der Waals surface area contributed by atoms with Crippen LogP contribution in [0.3, 0.4) is 0 Å². The van der Waals surface area contributed by atoms with Crippen LogP contribution in [-0.4, -0.2) is 17.2 Å². The highest BCUT2D eigenvalue weighted by atomic mass is 16.3. The topological polar surface area (TPSA) is 32.3 Å². The standard InChI is InChI=1S/C17H23NO/c1-16(2,3)18-12-17(4,19)15-10-9-13-7-5-6-8-14(13)11-15/h5-11,18-19H,12H2,1-4H3. The van der Waals surface area contributed by atoms with Crippen molar-refractivity contribution in [2.45, 2.75) is 38.8 Å². The fraction of sp³-hybridized carbons (Fsp3) is 0.412. The highest BCUT2D eigenvalue weighted by Crippen LogP contribution is 2.25. The van der Waals surface area contributed by atoms with E-state index in [1.165, 1.54) is 5.39 Å². The third kappa shape index (κ3) is 3.55. The van der Waals surface area contributed by atoms with Gasteiger partial charge in [-0.3, -0.25) is 0 Å². The Labute approximate surface area is 115 Å². The van der Waals surface area contributed by atoms with Crippen molar-refractivity contribution in [2.75, 3.05) is 6.54 Å². The summed E-state index contributed by atoms with van der Waals surface area (Å²) >= 11 is 0. The van der Waals surface area contributed by atoms with Crippen LogP contribution in [0.25, 0.3) is 10.8 Å². The quantitative estimate of drug-likeness (QED) is 0.883. The van der Waals surface area contributed by atoms with Gasteiger partial charge in [-0.1, -0.05) is 36.4 Å². The molecule has 0 saturated heterocycles. The molecule has 0 saturated carbocycles. The molecule has 0 amide bonds. The third-order valence-electron chi connectivity index (χ3n) is 3.33. The van der Waals surface area contributed by atoms with Crippen LogP contribution in [0.5, 0.6) is 0 Å². The molecule has 0 aromatic heterocycles. The van der Waals surface area contributed by atoms with Gasteiger partial charge in [-0.25, -0.2) is 0 Å². The van der Waals surface area contributed by atoms with E-state index in [9.17, 15) is 5.11 Å². The Bertz CT molecular complexity index is 567. The molecule has 19 heavy (non-hydrogen) atoms. The molecule has 0 spiro atoms. The van der Waals surface area contributed by atoms with Crippen molar-refractivity contribution >= 4 is 10.8 Å². The second-order valence-corrected chi connectivity index (χ2v) is 6.44. The van der Waals surface area contributed by atoms with Gasteiger partial charge in [0.2, 0.25) is 0 Å². The second kappa shape index (κ2) is 4.95. The average molecular weight is 257 g/mol. The highest BCUT2D eigenvalue weighted by molar-refractivity contribution is 5.83. The number of fused-ring (bicyclic) bond motifs is 1. The van der Waals surface area contributed by atoms with E-state index in [1.807, 2.05) is 25.1 Å². The summed E-state index contributed by atoms with van der Waals surface area (Å²) in [6.45, 7) is 8.70. The molecule has 0 radical (unpaired) electrons. The van der Waals surface area contributed by atoms with Gasteiger partial charge in [0, 0.05) is 12.1 Å². The van der Waals surface area contributed by atoms with Crippen molar-refractivity contribution < 1.29 is 5.11 Å². The van der Waals surface area contributed by atoms with Gasteiger partial charge in [-0.2, -0.15) is 0 Å². The van der Waals surface area contributed by atoms with E-state index in [1.54, 1.807) is 0 Å². The molecule has 102 valence electrons. The first-order valence-corrected chi connectivity index (χ1v) is 6.75. The van der Waals surface area contributed by atoms with Crippen molar-refractivity contribution in [3.8, 4) is 0 Å². The minimum absolute atomic E-state index is 0.000832. The molecule has 0 aliphatic heterocycles. The molecule has 0 heterocycles. The lowest BCUT2D eigenvalue weighted by Crippen LogP contribution is -2.44. The van der Waals surface area contributed by atoms with E-state index in [0.29, 0.717) is 6.54 Å². The fourth-order valence-electron chi connectivity index (χ4n) is 2.06. The first-order chi connectivity index (χ1) is 8.78. The van der Waals surface area contributed by atoms with Crippen LogP contribution in [0.2, 0.25) is 0 Å². The van der Waals surface area contributed by atoms with Crippen molar-refractivity contribution in [1.29, 1.82) is 0 Å². The zero-order valence-electron chi connectivity index (χ0n) is 12.2. The Morgan fingerprint density at radius 2 is 1.58 bits per heavy atom. The minimum Gasteiger partial charge on any atom is -0.384 e. The number of nitrogens with one attached hydrogen (secondary N) is 1. The van der Waals surface area contributed by atoms with E-state index >= 15 is 0 Å². The molecular weight excluding hydrogens is 234 g/mol. The first-order valence-electron chi connectivity index (χ1n) is 6.75. The second-order valence-electron chi connectivity index (χ2n) is 6.44. The lowest BCUT2D eigenvalue weighted by Gasteiger charge is -2.30. The van der Waals surface area contributed by atoms with Gasteiger partial charge in [0.05, 0.1) is 5.60 Å². The molecule has 1 atom stereocenters. The van der Waals surface area contributed by atoms with Gasteiger partial charge >= 0.3 is 0 Å². The maximum Gasteiger partial charge on any atom is 0.0992 e. The van der Waals surface area contributed by atoms with Crippen molar-refractivity contribution in [3.05, 3.63) is 48.0 Å². The Hall–Kier alpha value is -1.38. The normalized spacial score (nSPS) is 15.4. The largest absolute Gasteiger partial charge is 0.384 e. The van der Waals surface area contributed by atoms with Crippen LogP contribution in [0.15, 0.2) is 42.5 Å². The number of rotatable bonds is 3. The molecule has 0 fully saturated rings. The van der Waals surface area contributed by atoms with E-state index in [-0.39, 0.29) is 5.54 Å². The maximum absolute atomic E-state index is 10.6. The highest BCUT2D eigenvalue weighted by Gasteiger charge is 2.25. The predicted octanol–water partition coefficient (Wildman–Crippen LogP) is 3.44. The van der Waals surface area contributed by atoms with Crippen LogP contribution in [0, 0.1) is 0 Å². The molecule has 1 unspecified atom stereocenters. The zero-order valence-corrected chi connectivity index (χ0v) is 12.2. The Morgan fingerprint density at radius 1 is 0.947 bits per heavy atom. The summed E-state index contributed by atoms with van der Waals surface area (Å²) in [6, 6.07) is 14.4. The van der Waals surface area contributed by atoms with Gasteiger partial charge < -0.3 is 10.4 Å². The molecular formula is C17H23NO. The van der Waals surface area contributed by atoms with E-state index < -0.39 is 5.60 Å². The van der Waals surface area contributed by atoms with Crippen molar-refractivity contribution in [3.63, 3.8) is 0 Å². The van der Waals surface area contributed by atoms with Gasteiger partial charge in [-0.15, -0.1) is 0 Å². The van der Waals surface area contributed by atoms with Crippen LogP contribution in [0.4, 0.5) is 0 Å². The zero-order chi connectivity index (χ0) is 14.1. The third-order valence-corrected chi connectivity index (χ3v) is 3.33. The number of hydrogen-bond donors (Lipinski definition) is 2. The van der Waals surface area contributed by atoms with Crippen LogP contribution >= 0.6 is 0 Å². The summed E-state index contributed by atoms with van der Waals surface area (Å²) in [6.07, 6.45) is 0. The molecule has 2 aromatic carbocycles. The van der Waals surface area contributed by atoms with E-state index in [4.69, 9.17) is 0 Å².